The maximum absolute atomic E-state index is 12.6. The number of benzene rings is 2. The van der Waals surface area contributed by atoms with Gasteiger partial charge in [0.1, 0.15) is 11.5 Å². The van der Waals surface area contributed by atoms with E-state index in [1.807, 2.05) is 0 Å². The van der Waals surface area contributed by atoms with Crippen LogP contribution in [0.2, 0.25) is 10.0 Å². The number of sulfone groups is 1. The molecule has 0 bridgehead atoms. The Bertz CT molecular complexity index is 956. The highest BCUT2D eigenvalue weighted by atomic mass is 35.5. The van der Waals surface area contributed by atoms with E-state index in [0.29, 0.717) is 16.3 Å². The van der Waals surface area contributed by atoms with E-state index in [-0.39, 0.29) is 28.0 Å². The first-order chi connectivity index (χ1) is 11.9. The van der Waals surface area contributed by atoms with Gasteiger partial charge in [-0.2, -0.15) is 0 Å². The van der Waals surface area contributed by atoms with Crippen molar-refractivity contribution in [3.05, 3.63) is 69.9 Å². The lowest BCUT2D eigenvalue weighted by molar-refractivity contribution is -0.115. The average Bonchev–Trinajstić information content (AvgIpc) is 2.57. The molecule has 25 heavy (non-hydrogen) atoms. The van der Waals surface area contributed by atoms with Crippen LogP contribution < -0.4 is 5.32 Å². The van der Waals surface area contributed by atoms with E-state index in [0.717, 1.165) is 0 Å². The van der Waals surface area contributed by atoms with Crippen LogP contribution in [0.25, 0.3) is 4.91 Å². The molecular weight excluding hydrogens is 385 g/mol. The molecule has 0 unspecified atom stereocenters. The van der Waals surface area contributed by atoms with Crippen LogP contribution in [-0.4, -0.2) is 26.7 Å². The van der Waals surface area contributed by atoms with Crippen molar-refractivity contribution >= 4 is 49.5 Å². The number of carbonyl (C=O) groups is 1. The number of rotatable bonds is 3. The largest absolute Gasteiger partial charge is 0.486 e. The third-order valence-corrected chi connectivity index (χ3v) is 5.83. The minimum absolute atomic E-state index is 0.0875. The summed E-state index contributed by atoms with van der Waals surface area (Å²) in [6.45, 7) is -0.0875. The van der Waals surface area contributed by atoms with Gasteiger partial charge in [-0.05, 0) is 23.8 Å². The molecule has 8 heteroatoms. The number of carbonyl (C=O) groups excluding carboxylic acids is 1. The Balaban J connectivity index is 2.04. The molecule has 3 rings (SSSR count). The number of amides is 1. The van der Waals surface area contributed by atoms with Gasteiger partial charge in [0.2, 0.25) is 5.76 Å². The lowest BCUT2D eigenvalue weighted by Gasteiger charge is -2.21. The van der Waals surface area contributed by atoms with E-state index in [1.165, 1.54) is 12.1 Å². The number of hydrogen-bond acceptors (Lipinski definition) is 4. The van der Waals surface area contributed by atoms with Crippen molar-refractivity contribution in [2.75, 3.05) is 17.7 Å². The molecule has 1 N–H and O–H groups in total. The summed E-state index contributed by atoms with van der Waals surface area (Å²) in [5, 5.41) is 3.23. The zero-order chi connectivity index (χ0) is 18.0. The predicted molar refractivity (Wildman–Crippen MR) is 98.2 cm³/mol. The summed E-state index contributed by atoms with van der Waals surface area (Å²) in [5.74, 6) is -1.12. The maximum atomic E-state index is 12.6. The molecule has 0 saturated heterocycles. The second-order valence-electron chi connectivity index (χ2n) is 5.27. The second-order valence-corrected chi connectivity index (χ2v) is 8.16. The van der Waals surface area contributed by atoms with Crippen LogP contribution in [0.3, 0.4) is 0 Å². The fraction of sp³-hybridized carbons (Fsp3) is 0.118. The molecule has 0 spiro atoms. The molecule has 1 heterocycles. The summed E-state index contributed by atoms with van der Waals surface area (Å²) in [5.41, 5.74) is 0.706. The lowest BCUT2D eigenvalue weighted by Crippen LogP contribution is -2.28. The summed E-state index contributed by atoms with van der Waals surface area (Å²) in [7, 11) is -3.64. The van der Waals surface area contributed by atoms with Crippen LogP contribution in [-0.2, 0) is 19.4 Å². The smallest absolute Gasteiger partial charge is 0.292 e. The minimum Gasteiger partial charge on any atom is -0.486 e. The minimum atomic E-state index is -3.64. The summed E-state index contributed by atoms with van der Waals surface area (Å²) in [6, 6.07) is 12.9. The number of hydrogen-bond donors (Lipinski definition) is 1. The van der Waals surface area contributed by atoms with Gasteiger partial charge >= 0.3 is 0 Å². The van der Waals surface area contributed by atoms with E-state index >= 15 is 0 Å². The molecule has 0 aromatic heterocycles. The molecule has 0 aliphatic carbocycles. The first kappa shape index (κ1) is 17.8. The Kier molecular flexibility index (Phi) is 5.03. The van der Waals surface area contributed by atoms with Gasteiger partial charge in [0.15, 0.2) is 9.84 Å². The van der Waals surface area contributed by atoms with Crippen molar-refractivity contribution in [1.29, 1.82) is 0 Å². The standard InChI is InChI=1S/C17H13Cl2NO4S/c18-12-6-7-14(13(19)10-12)20-17(21)15-16(11-4-2-1-3-5-11)25(22,23)9-8-24-15/h1-7,10H,8-9H2,(H,20,21). The zero-order valence-electron chi connectivity index (χ0n) is 12.8. The van der Waals surface area contributed by atoms with Gasteiger partial charge in [0.05, 0.1) is 16.5 Å². The zero-order valence-corrected chi connectivity index (χ0v) is 15.2. The molecule has 1 aliphatic rings. The van der Waals surface area contributed by atoms with Crippen LogP contribution in [0.5, 0.6) is 0 Å². The van der Waals surface area contributed by atoms with Crippen molar-refractivity contribution < 1.29 is 17.9 Å². The molecule has 130 valence electrons. The van der Waals surface area contributed by atoms with Gasteiger partial charge in [0, 0.05) is 5.02 Å². The highest BCUT2D eigenvalue weighted by Crippen LogP contribution is 2.31. The molecule has 1 aliphatic heterocycles. The summed E-state index contributed by atoms with van der Waals surface area (Å²) in [6.07, 6.45) is 0. The first-order valence-electron chi connectivity index (χ1n) is 7.30. The normalized spacial score (nSPS) is 16.2. The van der Waals surface area contributed by atoms with Crippen molar-refractivity contribution in [2.45, 2.75) is 0 Å². The van der Waals surface area contributed by atoms with Gasteiger partial charge < -0.3 is 10.1 Å². The van der Waals surface area contributed by atoms with Gasteiger partial charge in [0.25, 0.3) is 5.91 Å². The van der Waals surface area contributed by atoms with Crippen LogP contribution in [0.15, 0.2) is 54.3 Å². The molecule has 0 saturated carbocycles. The molecule has 2 aromatic rings. The Morgan fingerprint density at radius 3 is 2.48 bits per heavy atom. The van der Waals surface area contributed by atoms with E-state index in [2.05, 4.69) is 5.32 Å². The molecule has 0 atom stereocenters. The lowest BCUT2D eigenvalue weighted by atomic mass is 10.2. The molecule has 0 radical (unpaired) electrons. The molecule has 2 aromatic carbocycles. The number of ether oxygens (including phenoxy) is 1. The summed E-state index contributed by atoms with van der Waals surface area (Å²) < 4.78 is 30.4. The SMILES string of the molecule is O=C(Nc1ccc(Cl)cc1Cl)C1=C(c2ccccc2)S(=O)(=O)CCO1. The van der Waals surface area contributed by atoms with Crippen LogP contribution in [0.4, 0.5) is 5.69 Å². The summed E-state index contributed by atoms with van der Waals surface area (Å²) >= 11 is 11.9. The Labute approximate surface area is 155 Å². The number of halogens is 2. The van der Waals surface area contributed by atoms with Crippen molar-refractivity contribution in [2.24, 2.45) is 0 Å². The van der Waals surface area contributed by atoms with Gasteiger partial charge in [-0.3, -0.25) is 4.79 Å². The number of anilines is 1. The Hall–Kier alpha value is -2.02. The molecular formula is C17H13Cl2NO4S. The first-order valence-corrected chi connectivity index (χ1v) is 9.71. The molecule has 0 fully saturated rings. The monoisotopic (exact) mass is 397 g/mol. The van der Waals surface area contributed by atoms with Crippen LogP contribution in [0, 0.1) is 0 Å². The van der Waals surface area contributed by atoms with E-state index in [1.54, 1.807) is 36.4 Å². The predicted octanol–water partition coefficient (Wildman–Crippen LogP) is 3.75. The highest BCUT2D eigenvalue weighted by molar-refractivity contribution is 8.00. The third-order valence-electron chi connectivity index (χ3n) is 3.54. The summed E-state index contributed by atoms with van der Waals surface area (Å²) in [4.78, 5) is 12.5. The second kappa shape index (κ2) is 7.07. The van der Waals surface area contributed by atoms with Crippen molar-refractivity contribution in [3.63, 3.8) is 0 Å². The van der Waals surface area contributed by atoms with Crippen molar-refractivity contribution in [3.8, 4) is 0 Å². The van der Waals surface area contributed by atoms with Crippen LogP contribution >= 0.6 is 23.2 Å². The van der Waals surface area contributed by atoms with E-state index in [4.69, 9.17) is 27.9 Å². The quantitative estimate of drug-likeness (QED) is 0.855. The highest BCUT2D eigenvalue weighted by Gasteiger charge is 2.33. The van der Waals surface area contributed by atoms with Gasteiger partial charge in [-0.25, -0.2) is 8.42 Å². The fourth-order valence-corrected chi connectivity index (χ4v) is 4.29. The third kappa shape index (κ3) is 3.81. The number of nitrogens with one attached hydrogen (secondary N) is 1. The van der Waals surface area contributed by atoms with Gasteiger partial charge in [-0.15, -0.1) is 0 Å². The van der Waals surface area contributed by atoms with E-state index < -0.39 is 15.7 Å². The van der Waals surface area contributed by atoms with Crippen LogP contribution in [0.1, 0.15) is 5.56 Å². The maximum Gasteiger partial charge on any atom is 0.292 e. The topological polar surface area (TPSA) is 72.5 Å². The Morgan fingerprint density at radius 2 is 1.80 bits per heavy atom. The van der Waals surface area contributed by atoms with E-state index in [9.17, 15) is 13.2 Å². The average molecular weight is 398 g/mol. The van der Waals surface area contributed by atoms with Gasteiger partial charge in [-0.1, -0.05) is 53.5 Å². The molecule has 1 amide bonds. The Morgan fingerprint density at radius 1 is 1.08 bits per heavy atom. The fourth-order valence-electron chi connectivity index (χ4n) is 2.40. The molecule has 5 nitrogen and oxygen atoms in total. The van der Waals surface area contributed by atoms with Crippen molar-refractivity contribution in [1.82, 2.24) is 0 Å².